The number of nitrogens with zero attached hydrogens (tertiary/aromatic N) is 1. The van der Waals surface area contributed by atoms with Crippen LogP contribution in [0.15, 0.2) is 51.7 Å². The SMILES string of the molecule is CCCCCCCCOc1ccc2c(=O)c(O)c(-c3ccc(N(CCCCCCCC)CCCCCCCC)cc3)oc2c1. The van der Waals surface area contributed by atoms with Crippen LogP contribution in [0, 0.1) is 0 Å². The van der Waals surface area contributed by atoms with Gasteiger partial charge in [0.2, 0.25) is 11.2 Å². The van der Waals surface area contributed by atoms with Gasteiger partial charge in [-0.25, -0.2) is 0 Å². The van der Waals surface area contributed by atoms with E-state index >= 15 is 0 Å². The van der Waals surface area contributed by atoms with Gasteiger partial charge in [0.15, 0.2) is 5.76 Å². The lowest BCUT2D eigenvalue weighted by Gasteiger charge is -2.25. The molecule has 0 bridgehead atoms. The van der Waals surface area contributed by atoms with E-state index in [-0.39, 0.29) is 11.5 Å². The van der Waals surface area contributed by atoms with E-state index in [1.54, 1.807) is 18.2 Å². The van der Waals surface area contributed by atoms with Gasteiger partial charge in [0, 0.05) is 30.4 Å². The summed E-state index contributed by atoms with van der Waals surface area (Å²) in [6.45, 7) is 9.50. The van der Waals surface area contributed by atoms with Crippen LogP contribution in [-0.4, -0.2) is 24.8 Å². The molecule has 3 rings (SSSR count). The van der Waals surface area contributed by atoms with Gasteiger partial charge in [-0.2, -0.15) is 0 Å². The van der Waals surface area contributed by atoms with Crippen LogP contribution in [0.2, 0.25) is 0 Å². The van der Waals surface area contributed by atoms with Crippen molar-refractivity contribution in [3.05, 3.63) is 52.7 Å². The summed E-state index contributed by atoms with van der Waals surface area (Å²) in [4.78, 5) is 15.6. The molecule has 2 aromatic carbocycles. The maximum atomic E-state index is 13.1. The van der Waals surface area contributed by atoms with E-state index in [1.807, 2.05) is 12.1 Å². The molecule has 0 aliphatic carbocycles. The van der Waals surface area contributed by atoms with E-state index in [9.17, 15) is 9.90 Å². The second-order valence-corrected chi connectivity index (χ2v) is 12.5. The number of aromatic hydroxyl groups is 1. The lowest BCUT2D eigenvalue weighted by Crippen LogP contribution is -2.25. The van der Waals surface area contributed by atoms with Gasteiger partial charge in [-0.05, 0) is 55.7 Å². The Hall–Kier alpha value is -2.95. The van der Waals surface area contributed by atoms with Crippen LogP contribution < -0.4 is 15.1 Å². The van der Waals surface area contributed by atoms with Crippen LogP contribution in [0.4, 0.5) is 5.69 Å². The van der Waals surface area contributed by atoms with Crippen LogP contribution in [0.25, 0.3) is 22.3 Å². The highest BCUT2D eigenvalue weighted by molar-refractivity contribution is 5.83. The van der Waals surface area contributed by atoms with Crippen molar-refractivity contribution in [2.75, 3.05) is 24.6 Å². The predicted octanol–water partition coefficient (Wildman–Crippen LogP) is 11.4. The molecule has 1 heterocycles. The Morgan fingerprint density at radius 2 is 1.18 bits per heavy atom. The van der Waals surface area contributed by atoms with Crippen molar-refractivity contribution >= 4 is 16.7 Å². The molecule has 0 unspecified atom stereocenters. The predicted molar refractivity (Wildman–Crippen MR) is 187 cm³/mol. The molecule has 0 aliphatic rings. The fraction of sp³-hybridized carbons (Fsp3) is 0.615. The monoisotopic (exact) mass is 605 g/mol. The third-order valence-corrected chi connectivity index (χ3v) is 8.66. The van der Waals surface area contributed by atoms with Gasteiger partial charge in [0.05, 0.1) is 12.0 Å². The summed E-state index contributed by atoms with van der Waals surface area (Å²) in [7, 11) is 0. The minimum Gasteiger partial charge on any atom is -0.502 e. The fourth-order valence-corrected chi connectivity index (χ4v) is 5.88. The van der Waals surface area contributed by atoms with Crippen molar-refractivity contribution in [1.82, 2.24) is 0 Å². The van der Waals surface area contributed by atoms with Crippen molar-refractivity contribution in [3.63, 3.8) is 0 Å². The van der Waals surface area contributed by atoms with Crippen molar-refractivity contribution in [1.29, 1.82) is 0 Å². The Bertz CT molecular complexity index is 1230. The van der Waals surface area contributed by atoms with Gasteiger partial charge in [-0.3, -0.25) is 4.79 Å². The Labute approximate surface area is 267 Å². The van der Waals surface area contributed by atoms with Crippen LogP contribution in [0.3, 0.4) is 0 Å². The number of unbranched alkanes of at least 4 members (excludes halogenated alkanes) is 15. The van der Waals surface area contributed by atoms with E-state index in [0.29, 0.717) is 28.9 Å². The molecule has 0 saturated heterocycles. The van der Waals surface area contributed by atoms with E-state index in [4.69, 9.17) is 9.15 Å². The van der Waals surface area contributed by atoms with Crippen molar-refractivity contribution in [2.45, 2.75) is 136 Å². The quantitative estimate of drug-likeness (QED) is 0.103. The zero-order valence-electron chi connectivity index (χ0n) is 28.0. The first-order valence-electron chi connectivity index (χ1n) is 17.9. The zero-order valence-corrected chi connectivity index (χ0v) is 28.0. The molecule has 3 aromatic rings. The van der Waals surface area contributed by atoms with Crippen LogP contribution in [0.5, 0.6) is 11.5 Å². The van der Waals surface area contributed by atoms with E-state index in [1.165, 1.54) is 108 Å². The summed E-state index contributed by atoms with van der Waals surface area (Å²) in [5, 5.41) is 11.2. The molecule has 0 atom stereocenters. The molecule has 1 N–H and O–H groups in total. The average Bonchev–Trinajstić information content (AvgIpc) is 3.04. The number of hydrogen-bond acceptors (Lipinski definition) is 5. The standard InChI is InChI=1S/C39H59NO4/c1-4-7-10-13-16-19-28-40(29-20-17-14-11-8-5-2)33-24-22-32(23-25-33)39-38(42)37(41)35-27-26-34(31-36(35)44-39)43-30-21-18-15-12-9-6-3/h22-27,31,42H,4-21,28-30H2,1-3H3. The van der Waals surface area contributed by atoms with Gasteiger partial charge in [-0.1, -0.05) is 117 Å². The molecule has 0 aliphatic heterocycles. The first-order valence-corrected chi connectivity index (χ1v) is 17.9. The Balaban J connectivity index is 1.69. The molecular weight excluding hydrogens is 546 g/mol. The van der Waals surface area contributed by atoms with Crippen LogP contribution >= 0.6 is 0 Å². The van der Waals surface area contributed by atoms with Gasteiger partial charge < -0.3 is 19.2 Å². The number of hydrogen-bond donors (Lipinski definition) is 1. The largest absolute Gasteiger partial charge is 0.502 e. The van der Waals surface area contributed by atoms with Crippen molar-refractivity contribution in [3.8, 4) is 22.8 Å². The highest BCUT2D eigenvalue weighted by atomic mass is 16.5. The summed E-state index contributed by atoms with van der Waals surface area (Å²) < 4.78 is 12.1. The molecule has 0 radical (unpaired) electrons. The molecule has 1 aromatic heterocycles. The van der Waals surface area contributed by atoms with E-state index in [0.717, 1.165) is 25.9 Å². The Morgan fingerprint density at radius 3 is 1.75 bits per heavy atom. The maximum absolute atomic E-state index is 13.1. The van der Waals surface area contributed by atoms with E-state index < -0.39 is 5.43 Å². The highest BCUT2D eigenvalue weighted by Gasteiger charge is 2.17. The van der Waals surface area contributed by atoms with Gasteiger partial charge >= 0.3 is 0 Å². The minimum atomic E-state index is -0.416. The number of rotatable bonds is 24. The third-order valence-electron chi connectivity index (χ3n) is 8.66. The molecule has 0 spiro atoms. The van der Waals surface area contributed by atoms with Crippen molar-refractivity contribution in [2.24, 2.45) is 0 Å². The summed E-state index contributed by atoms with van der Waals surface area (Å²) in [6.07, 6.45) is 22.6. The van der Waals surface area contributed by atoms with E-state index in [2.05, 4.69) is 37.8 Å². The lowest BCUT2D eigenvalue weighted by atomic mass is 10.1. The first kappa shape index (κ1) is 35.5. The van der Waals surface area contributed by atoms with Crippen molar-refractivity contribution < 1.29 is 14.3 Å². The molecule has 0 amide bonds. The second-order valence-electron chi connectivity index (χ2n) is 12.5. The second kappa shape index (κ2) is 20.9. The van der Waals surface area contributed by atoms with Gasteiger partial charge in [0.1, 0.15) is 11.3 Å². The maximum Gasteiger partial charge on any atom is 0.235 e. The number of fused-ring (bicyclic) bond motifs is 1. The minimum absolute atomic E-state index is 0.209. The molecule has 5 nitrogen and oxygen atoms in total. The fourth-order valence-electron chi connectivity index (χ4n) is 5.88. The molecule has 5 heteroatoms. The lowest BCUT2D eigenvalue weighted by molar-refractivity contribution is 0.304. The van der Waals surface area contributed by atoms with Gasteiger partial charge in [-0.15, -0.1) is 0 Å². The molecular formula is C39H59NO4. The Kier molecular flexibility index (Phi) is 16.9. The normalized spacial score (nSPS) is 11.3. The zero-order chi connectivity index (χ0) is 31.4. The highest BCUT2D eigenvalue weighted by Crippen LogP contribution is 2.33. The van der Waals surface area contributed by atoms with Gasteiger partial charge in [0.25, 0.3) is 0 Å². The first-order chi connectivity index (χ1) is 21.6. The summed E-state index contributed by atoms with van der Waals surface area (Å²) >= 11 is 0. The smallest absolute Gasteiger partial charge is 0.235 e. The topological polar surface area (TPSA) is 62.9 Å². The average molecular weight is 606 g/mol. The molecule has 44 heavy (non-hydrogen) atoms. The van der Waals surface area contributed by atoms with Crippen LogP contribution in [-0.2, 0) is 0 Å². The van der Waals surface area contributed by atoms with Crippen LogP contribution in [0.1, 0.15) is 136 Å². The number of ether oxygens (including phenoxy) is 1. The Morgan fingerprint density at radius 1 is 0.659 bits per heavy atom. The summed E-state index contributed by atoms with van der Waals surface area (Å²) in [6, 6.07) is 13.4. The number of benzene rings is 2. The molecule has 0 saturated carbocycles. The third kappa shape index (κ3) is 11.9. The number of anilines is 1. The summed E-state index contributed by atoms with van der Waals surface area (Å²) in [5.74, 6) is 0.545. The summed E-state index contributed by atoms with van der Waals surface area (Å²) in [5.41, 5.74) is 1.90. The molecule has 0 fully saturated rings. The molecule has 244 valence electrons.